The second-order valence-electron chi connectivity index (χ2n) is 4.58. The van der Waals surface area contributed by atoms with Crippen LogP contribution >= 0.6 is 11.6 Å². The van der Waals surface area contributed by atoms with Gasteiger partial charge in [-0.25, -0.2) is 4.98 Å². The van der Waals surface area contributed by atoms with E-state index in [1.54, 1.807) is 6.07 Å². The van der Waals surface area contributed by atoms with Gasteiger partial charge in [-0.05, 0) is 30.3 Å². The lowest BCUT2D eigenvalue weighted by Crippen LogP contribution is -2.03. The third kappa shape index (κ3) is 2.42. The van der Waals surface area contributed by atoms with Crippen LogP contribution in [0.25, 0.3) is 11.0 Å². The average molecular weight is 288 g/mol. The van der Waals surface area contributed by atoms with Gasteiger partial charge in [-0.2, -0.15) is 0 Å². The second kappa shape index (κ2) is 5.06. The summed E-state index contributed by atoms with van der Waals surface area (Å²) in [6.45, 7) is 0.381. The Kier molecular flexibility index (Phi) is 3.24. The molecule has 0 amide bonds. The first-order valence-electron chi connectivity index (χ1n) is 6.23. The second-order valence-corrected chi connectivity index (χ2v) is 5.02. The summed E-state index contributed by atoms with van der Waals surface area (Å²) in [4.78, 5) is 4.53. The molecule has 102 valence electrons. The fourth-order valence-corrected chi connectivity index (χ4v) is 2.27. The highest BCUT2D eigenvalue weighted by molar-refractivity contribution is 6.31. The van der Waals surface area contributed by atoms with Crippen LogP contribution in [0.5, 0.6) is 5.75 Å². The number of ether oxygens (including phenoxy) is 1. The molecule has 1 aromatic heterocycles. The fourth-order valence-electron chi connectivity index (χ4n) is 2.10. The maximum atomic E-state index is 5.98. The lowest BCUT2D eigenvalue weighted by Gasteiger charge is -2.06. The molecule has 0 unspecified atom stereocenters. The molecule has 20 heavy (non-hydrogen) atoms. The van der Waals surface area contributed by atoms with Gasteiger partial charge in [-0.1, -0.05) is 17.7 Å². The van der Waals surface area contributed by atoms with Crippen molar-refractivity contribution >= 4 is 28.3 Å². The summed E-state index contributed by atoms with van der Waals surface area (Å²) in [6, 6.07) is 13.0. The van der Waals surface area contributed by atoms with E-state index < -0.39 is 0 Å². The molecule has 0 aliphatic carbocycles. The lowest BCUT2D eigenvalue weighted by atomic mass is 10.3. The molecule has 0 saturated carbocycles. The molecule has 5 heteroatoms. The molecule has 0 atom stereocenters. The number of hydrogen-bond donors (Lipinski definition) is 1. The van der Waals surface area contributed by atoms with Gasteiger partial charge in [0.05, 0.1) is 11.0 Å². The number of nitrogens with zero attached hydrogens (tertiary/aromatic N) is 2. The van der Waals surface area contributed by atoms with Crippen molar-refractivity contribution < 1.29 is 4.74 Å². The van der Waals surface area contributed by atoms with E-state index in [2.05, 4.69) is 4.98 Å². The van der Waals surface area contributed by atoms with Crippen LogP contribution < -0.4 is 10.5 Å². The number of nitrogen functional groups attached to an aromatic ring is 1. The Balaban J connectivity index is 1.86. The minimum Gasteiger partial charge on any atom is -0.486 e. The highest BCUT2D eigenvalue weighted by atomic mass is 35.5. The average Bonchev–Trinajstić information content (AvgIpc) is 2.72. The van der Waals surface area contributed by atoms with Crippen molar-refractivity contribution in [1.82, 2.24) is 9.55 Å². The summed E-state index contributed by atoms with van der Waals surface area (Å²) in [5.41, 5.74) is 8.29. The first-order valence-corrected chi connectivity index (χ1v) is 6.60. The molecule has 0 bridgehead atoms. The molecule has 0 radical (unpaired) electrons. The van der Waals surface area contributed by atoms with E-state index in [4.69, 9.17) is 22.1 Å². The third-order valence-electron chi connectivity index (χ3n) is 3.16. The number of aryl methyl sites for hydroxylation is 1. The summed E-state index contributed by atoms with van der Waals surface area (Å²) in [5.74, 6) is 1.57. The number of anilines is 1. The summed E-state index contributed by atoms with van der Waals surface area (Å²) in [5, 5.41) is 0.680. The Bertz CT molecular complexity index is 767. The van der Waals surface area contributed by atoms with Crippen LogP contribution in [0, 0.1) is 0 Å². The monoisotopic (exact) mass is 287 g/mol. The number of imidazole rings is 1. The van der Waals surface area contributed by atoms with E-state index in [1.807, 2.05) is 48.0 Å². The molecule has 0 saturated heterocycles. The van der Waals surface area contributed by atoms with Crippen molar-refractivity contribution in [1.29, 1.82) is 0 Å². The zero-order valence-electron chi connectivity index (χ0n) is 11.0. The van der Waals surface area contributed by atoms with E-state index >= 15 is 0 Å². The first kappa shape index (κ1) is 12.8. The lowest BCUT2D eigenvalue weighted by molar-refractivity contribution is 0.292. The van der Waals surface area contributed by atoms with E-state index in [1.165, 1.54) is 0 Å². The number of halogens is 1. The van der Waals surface area contributed by atoms with Crippen LogP contribution in [0.1, 0.15) is 5.82 Å². The standard InChI is InChI=1S/C15H14ClN3O/c1-19-14-6-5-10(16)7-13(14)18-15(19)9-20-12-4-2-3-11(17)8-12/h2-8H,9,17H2,1H3. The Morgan fingerprint density at radius 1 is 1.25 bits per heavy atom. The zero-order chi connectivity index (χ0) is 14.1. The van der Waals surface area contributed by atoms with E-state index in [0.717, 1.165) is 22.6 Å². The van der Waals surface area contributed by atoms with Crippen molar-refractivity contribution in [3.63, 3.8) is 0 Å². The van der Waals surface area contributed by atoms with Gasteiger partial charge in [0.15, 0.2) is 0 Å². The molecule has 0 spiro atoms. The number of rotatable bonds is 3. The number of benzene rings is 2. The zero-order valence-corrected chi connectivity index (χ0v) is 11.8. The van der Waals surface area contributed by atoms with Crippen LogP contribution in [-0.2, 0) is 13.7 Å². The van der Waals surface area contributed by atoms with Gasteiger partial charge in [0.1, 0.15) is 18.2 Å². The quantitative estimate of drug-likeness (QED) is 0.751. The summed E-state index contributed by atoms with van der Waals surface area (Å²) in [6.07, 6.45) is 0. The molecule has 3 rings (SSSR count). The maximum absolute atomic E-state index is 5.98. The van der Waals surface area contributed by atoms with Crippen LogP contribution in [0.15, 0.2) is 42.5 Å². The molecule has 1 heterocycles. The van der Waals surface area contributed by atoms with E-state index in [0.29, 0.717) is 17.3 Å². The predicted octanol–water partition coefficient (Wildman–Crippen LogP) is 3.39. The highest BCUT2D eigenvalue weighted by Crippen LogP contribution is 2.21. The van der Waals surface area contributed by atoms with Gasteiger partial charge < -0.3 is 15.0 Å². The maximum Gasteiger partial charge on any atom is 0.147 e. The van der Waals surface area contributed by atoms with Crippen molar-refractivity contribution in [3.8, 4) is 5.75 Å². The number of nitrogens with two attached hydrogens (primary N) is 1. The minimum absolute atomic E-state index is 0.381. The summed E-state index contributed by atoms with van der Waals surface area (Å²) in [7, 11) is 1.96. The first-order chi connectivity index (χ1) is 9.63. The largest absolute Gasteiger partial charge is 0.486 e. The molecule has 0 fully saturated rings. The van der Waals surface area contributed by atoms with Gasteiger partial charge in [-0.3, -0.25) is 0 Å². The number of aromatic nitrogens is 2. The fraction of sp³-hybridized carbons (Fsp3) is 0.133. The number of hydrogen-bond acceptors (Lipinski definition) is 3. The molecule has 3 aromatic rings. The molecular formula is C15H14ClN3O. The van der Waals surface area contributed by atoms with Gasteiger partial charge in [0, 0.05) is 23.8 Å². The Morgan fingerprint density at radius 2 is 2.10 bits per heavy atom. The summed E-state index contributed by atoms with van der Waals surface area (Å²) >= 11 is 5.98. The molecule has 4 nitrogen and oxygen atoms in total. The van der Waals surface area contributed by atoms with Crippen LogP contribution in [0.2, 0.25) is 5.02 Å². The van der Waals surface area contributed by atoms with Gasteiger partial charge in [0.25, 0.3) is 0 Å². The molecular weight excluding hydrogens is 274 g/mol. The topological polar surface area (TPSA) is 53.1 Å². The smallest absolute Gasteiger partial charge is 0.147 e. The minimum atomic E-state index is 0.381. The van der Waals surface area contributed by atoms with Crippen molar-refractivity contribution in [2.24, 2.45) is 7.05 Å². The molecule has 2 N–H and O–H groups in total. The van der Waals surface area contributed by atoms with Gasteiger partial charge >= 0.3 is 0 Å². The number of fused-ring (bicyclic) bond motifs is 1. The Labute approximate surface area is 121 Å². The SMILES string of the molecule is Cn1c(COc2cccc(N)c2)nc2cc(Cl)ccc21. The molecule has 2 aromatic carbocycles. The van der Waals surface area contributed by atoms with Crippen molar-refractivity contribution in [2.45, 2.75) is 6.61 Å². The molecule has 0 aliphatic heterocycles. The highest BCUT2D eigenvalue weighted by Gasteiger charge is 2.08. The normalized spacial score (nSPS) is 10.9. The van der Waals surface area contributed by atoms with Crippen molar-refractivity contribution in [2.75, 3.05) is 5.73 Å². The van der Waals surface area contributed by atoms with E-state index in [9.17, 15) is 0 Å². The summed E-state index contributed by atoms with van der Waals surface area (Å²) < 4.78 is 7.72. The molecule has 0 aliphatic rings. The van der Waals surface area contributed by atoms with Crippen LogP contribution in [0.3, 0.4) is 0 Å². The van der Waals surface area contributed by atoms with Crippen LogP contribution in [0.4, 0.5) is 5.69 Å². The van der Waals surface area contributed by atoms with Gasteiger partial charge in [0.2, 0.25) is 0 Å². The Hall–Kier alpha value is -2.20. The Morgan fingerprint density at radius 3 is 2.90 bits per heavy atom. The third-order valence-corrected chi connectivity index (χ3v) is 3.40. The van der Waals surface area contributed by atoms with Crippen molar-refractivity contribution in [3.05, 3.63) is 53.3 Å². The van der Waals surface area contributed by atoms with E-state index in [-0.39, 0.29) is 0 Å². The predicted molar refractivity (Wildman–Crippen MR) is 80.9 cm³/mol. The van der Waals surface area contributed by atoms with Crippen LogP contribution in [-0.4, -0.2) is 9.55 Å². The van der Waals surface area contributed by atoms with Gasteiger partial charge in [-0.15, -0.1) is 0 Å².